The smallest absolute Gasteiger partial charge is 0.328 e. The Bertz CT molecular complexity index is 946. The number of aromatic amines is 1. The number of methoxy groups -OCH3 is 2. The molecule has 2 heterocycles. The van der Waals surface area contributed by atoms with Crippen molar-refractivity contribution in [3.63, 3.8) is 0 Å². The van der Waals surface area contributed by atoms with Crippen molar-refractivity contribution in [2.24, 2.45) is 0 Å². The predicted molar refractivity (Wildman–Crippen MR) is 107 cm³/mol. The van der Waals surface area contributed by atoms with Crippen molar-refractivity contribution in [2.75, 3.05) is 27.8 Å². The summed E-state index contributed by atoms with van der Waals surface area (Å²) in [7, 11) is 5.65. The van der Waals surface area contributed by atoms with Crippen LogP contribution in [0.3, 0.4) is 0 Å². The van der Waals surface area contributed by atoms with Crippen LogP contribution in [0.4, 0.5) is 0 Å². The van der Waals surface area contributed by atoms with Gasteiger partial charge in [-0.15, -0.1) is 0 Å². The molecule has 1 aromatic carbocycles. The first kappa shape index (κ1) is 20.5. The Morgan fingerprint density at radius 2 is 1.83 bits per heavy atom. The highest BCUT2D eigenvalue weighted by Crippen LogP contribution is 2.52. The summed E-state index contributed by atoms with van der Waals surface area (Å²) in [5.74, 6) is -0.819. The molecule has 1 aromatic heterocycles. The fraction of sp³-hybridized carbons (Fsp3) is 0.333. The van der Waals surface area contributed by atoms with Gasteiger partial charge in [-0.25, -0.2) is 9.59 Å². The van der Waals surface area contributed by atoms with Gasteiger partial charge in [0.05, 0.1) is 14.2 Å². The van der Waals surface area contributed by atoms with Crippen LogP contribution in [0.25, 0.3) is 11.1 Å². The Hall–Kier alpha value is -3.26. The minimum atomic E-state index is -1.26. The van der Waals surface area contributed by atoms with Crippen molar-refractivity contribution in [3.05, 3.63) is 47.3 Å². The standard InChI is InChI=1S/C17H20N2O2.C4H4O4/c1-19-5-4-10-7-14(20-2)17(21-3)16-12-9-18-8-11(12)6-13(19)15(10)16;5-3(6)1-2-4(7)8/h7-9,13,18H,4-6H2,1-3H3;1-2H,(H,5,6)(H,7,8). The molecule has 0 saturated carbocycles. The Labute approximate surface area is 168 Å². The monoisotopic (exact) mass is 400 g/mol. The number of nitrogens with zero attached hydrogens (tertiary/aromatic N) is 1. The van der Waals surface area contributed by atoms with Crippen molar-refractivity contribution in [2.45, 2.75) is 18.9 Å². The molecule has 2 aromatic rings. The fourth-order valence-corrected chi connectivity index (χ4v) is 4.00. The number of carbonyl (C=O) groups is 2. The van der Waals surface area contributed by atoms with Crippen molar-refractivity contribution in [1.29, 1.82) is 0 Å². The minimum absolute atomic E-state index is 0.437. The van der Waals surface area contributed by atoms with Crippen molar-refractivity contribution >= 4 is 11.9 Å². The number of hydrogen-bond acceptors (Lipinski definition) is 5. The summed E-state index contributed by atoms with van der Waals surface area (Å²) < 4.78 is 11.3. The molecule has 0 amide bonds. The summed E-state index contributed by atoms with van der Waals surface area (Å²) in [4.78, 5) is 24.8. The summed E-state index contributed by atoms with van der Waals surface area (Å²) in [5, 5.41) is 15.6. The van der Waals surface area contributed by atoms with E-state index in [0.29, 0.717) is 18.2 Å². The molecule has 8 nitrogen and oxygen atoms in total. The molecule has 29 heavy (non-hydrogen) atoms. The molecule has 0 radical (unpaired) electrons. The molecule has 0 fully saturated rings. The average Bonchev–Trinajstić information content (AvgIpc) is 3.17. The highest BCUT2D eigenvalue weighted by atomic mass is 16.5. The van der Waals surface area contributed by atoms with E-state index in [1.54, 1.807) is 14.2 Å². The lowest BCUT2D eigenvalue weighted by Gasteiger charge is -2.39. The van der Waals surface area contributed by atoms with E-state index in [-0.39, 0.29) is 0 Å². The second-order valence-electron chi connectivity index (χ2n) is 6.91. The first-order valence-electron chi connectivity index (χ1n) is 9.15. The lowest BCUT2D eigenvalue weighted by molar-refractivity contribution is -0.134. The Kier molecular flexibility index (Phi) is 5.93. The predicted octanol–water partition coefficient (Wildman–Crippen LogP) is 2.50. The second-order valence-corrected chi connectivity index (χ2v) is 6.91. The third kappa shape index (κ3) is 3.97. The first-order valence-corrected chi connectivity index (χ1v) is 9.15. The highest BCUT2D eigenvalue weighted by Gasteiger charge is 2.36. The molecule has 8 heteroatoms. The molecular formula is C21H24N2O6. The number of likely N-dealkylation sites (N-methyl/N-ethyl adjacent to an activating group) is 1. The van der Waals surface area contributed by atoms with E-state index in [2.05, 4.69) is 35.4 Å². The molecule has 154 valence electrons. The van der Waals surface area contributed by atoms with Gasteiger partial charge in [0.15, 0.2) is 11.5 Å². The maximum atomic E-state index is 9.55. The van der Waals surface area contributed by atoms with Crippen LogP contribution in [-0.2, 0) is 22.4 Å². The van der Waals surface area contributed by atoms with Crippen LogP contribution in [0.15, 0.2) is 30.6 Å². The number of benzene rings is 1. The van der Waals surface area contributed by atoms with Gasteiger partial charge >= 0.3 is 11.9 Å². The normalized spacial score (nSPS) is 17.0. The molecule has 0 bridgehead atoms. The largest absolute Gasteiger partial charge is 0.493 e. The number of rotatable bonds is 4. The molecule has 1 aliphatic carbocycles. The molecular weight excluding hydrogens is 376 g/mol. The lowest BCUT2D eigenvalue weighted by Crippen LogP contribution is -2.35. The van der Waals surface area contributed by atoms with E-state index in [1.165, 1.54) is 27.8 Å². The zero-order chi connectivity index (χ0) is 21.1. The zero-order valence-electron chi connectivity index (χ0n) is 16.6. The summed E-state index contributed by atoms with van der Waals surface area (Å²) in [6.45, 7) is 1.09. The van der Waals surface area contributed by atoms with Gasteiger partial charge in [0, 0.05) is 48.3 Å². The van der Waals surface area contributed by atoms with Crippen LogP contribution in [0.1, 0.15) is 22.7 Å². The van der Waals surface area contributed by atoms with E-state index >= 15 is 0 Å². The number of H-pyrrole nitrogens is 1. The first-order chi connectivity index (χ1) is 13.9. The van der Waals surface area contributed by atoms with Gasteiger partial charge in [0.1, 0.15) is 0 Å². The fourth-order valence-electron chi connectivity index (χ4n) is 4.00. The van der Waals surface area contributed by atoms with E-state index < -0.39 is 11.9 Å². The van der Waals surface area contributed by atoms with E-state index in [1.807, 2.05) is 0 Å². The van der Waals surface area contributed by atoms with Crippen LogP contribution in [-0.4, -0.2) is 59.8 Å². The van der Waals surface area contributed by atoms with Crippen molar-refractivity contribution in [3.8, 4) is 22.6 Å². The number of aliphatic carboxylic acids is 2. The number of fused-ring (bicyclic) bond motifs is 2. The molecule has 1 aliphatic heterocycles. The Morgan fingerprint density at radius 1 is 1.14 bits per heavy atom. The van der Waals surface area contributed by atoms with E-state index in [9.17, 15) is 9.59 Å². The zero-order valence-corrected chi connectivity index (χ0v) is 16.6. The van der Waals surface area contributed by atoms with Gasteiger partial charge < -0.3 is 24.7 Å². The van der Waals surface area contributed by atoms with Gasteiger partial charge in [0.25, 0.3) is 0 Å². The molecule has 0 spiro atoms. The SMILES string of the molecule is COc1cc2c3c(c1OC)-c1c[nH]cc1CC3N(C)CC2.O=C(O)C=CC(=O)O. The Morgan fingerprint density at radius 3 is 2.41 bits per heavy atom. The number of ether oxygens (including phenoxy) is 2. The van der Waals surface area contributed by atoms with Gasteiger partial charge in [-0.05, 0) is 42.6 Å². The third-order valence-electron chi connectivity index (χ3n) is 5.28. The number of carboxylic acid groups (broad SMARTS) is 2. The molecule has 0 saturated heterocycles. The summed E-state index contributed by atoms with van der Waals surface area (Å²) in [6, 6.07) is 2.60. The van der Waals surface area contributed by atoms with Crippen molar-refractivity contribution in [1.82, 2.24) is 9.88 Å². The molecule has 2 aliphatic rings. The minimum Gasteiger partial charge on any atom is -0.493 e. The van der Waals surface area contributed by atoms with Gasteiger partial charge in [-0.1, -0.05) is 0 Å². The average molecular weight is 400 g/mol. The van der Waals surface area contributed by atoms with Crippen LogP contribution >= 0.6 is 0 Å². The summed E-state index contributed by atoms with van der Waals surface area (Å²) in [6.07, 6.45) is 7.43. The van der Waals surface area contributed by atoms with Crippen LogP contribution in [0.5, 0.6) is 11.5 Å². The van der Waals surface area contributed by atoms with Crippen molar-refractivity contribution < 1.29 is 29.3 Å². The molecule has 3 N–H and O–H groups in total. The molecule has 1 unspecified atom stereocenters. The van der Waals surface area contributed by atoms with E-state index in [4.69, 9.17) is 19.7 Å². The number of nitrogens with one attached hydrogen (secondary N) is 1. The van der Waals surface area contributed by atoms with Crippen LogP contribution in [0, 0.1) is 0 Å². The summed E-state index contributed by atoms with van der Waals surface area (Å²) >= 11 is 0. The second kappa shape index (κ2) is 8.40. The summed E-state index contributed by atoms with van der Waals surface area (Å²) in [5.41, 5.74) is 6.66. The number of hydrogen-bond donors (Lipinski definition) is 3. The van der Waals surface area contributed by atoms with Crippen LogP contribution < -0.4 is 9.47 Å². The van der Waals surface area contributed by atoms with E-state index in [0.717, 1.165) is 30.9 Å². The number of aromatic nitrogens is 1. The molecule has 1 atom stereocenters. The number of carboxylic acids is 2. The Balaban J connectivity index is 0.000000258. The highest BCUT2D eigenvalue weighted by molar-refractivity contribution is 5.89. The quantitative estimate of drug-likeness (QED) is 0.676. The molecule has 4 rings (SSSR count). The maximum absolute atomic E-state index is 9.55. The lowest BCUT2D eigenvalue weighted by atomic mass is 9.78. The third-order valence-corrected chi connectivity index (χ3v) is 5.28. The topological polar surface area (TPSA) is 112 Å². The maximum Gasteiger partial charge on any atom is 0.328 e. The van der Waals surface area contributed by atoms with Crippen LogP contribution in [0.2, 0.25) is 0 Å². The van der Waals surface area contributed by atoms with Gasteiger partial charge in [-0.3, -0.25) is 4.90 Å². The van der Waals surface area contributed by atoms with Gasteiger partial charge in [0.2, 0.25) is 0 Å². The van der Waals surface area contributed by atoms with Gasteiger partial charge in [-0.2, -0.15) is 0 Å².